The quantitative estimate of drug-likeness (QED) is 0.454. The summed E-state index contributed by atoms with van der Waals surface area (Å²) in [5.74, 6) is 0. The maximum atomic E-state index is 11.5. The number of carbonyl (C=O) groups excluding carboxylic acids is 1. The van der Waals surface area contributed by atoms with Crippen LogP contribution in [-0.4, -0.2) is 34.8 Å². The number of nitrogens with zero attached hydrogens (tertiary/aromatic N) is 1. The van der Waals surface area contributed by atoms with Gasteiger partial charge in [0.25, 0.3) is 5.69 Å². The highest BCUT2D eigenvalue weighted by molar-refractivity contribution is 5.89. The summed E-state index contributed by atoms with van der Waals surface area (Å²) in [6.07, 6.45) is -0.738. The van der Waals surface area contributed by atoms with Gasteiger partial charge in [-0.15, -0.1) is 0 Å². The van der Waals surface area contributed by atoms with E-state index in [1.165, 1.54) is 31.2 Å². The fourth-order valence-corrected chi connectivity index (χ4v) is 1.25. The molecule has 0 radical (unpaired) electrons. The molecule has 1 aromatic carbocycles. The first kappa shape index (κ1) is 14.9. The monoisotopic (exact) mass is 268 g/mol. The first-order valence-corrected chi connectivity index (χ1v) is 5.63. The van der Waals surface area contributed by atoms with E-state index in [-0.39, 0.29) is 12.2 Å². The summed E-state index contributed by atoms with van der Waals surface area (Å²) in [7, 11) is 0. The highest BCUT2D eigenvalue weighted by atomic mass is 16.6. The van der Waals surface area contributed by atoms with Gasteiger partial charge < -0.3 is 21.5 Å². The molecule has 2 atom stereocenters. The number of hydrogen-bond donors (Lipinski definition) is 4. The Morgan fingerprint density at radius 2 is 2.26 bits per heavy atom. The van der Waals surface area contributed by atoms with Crippen LogP contribution in [0, 0.1) is 10.1 Å². The molecule has 104 valence electrons. The Balaban J connectivity index is 2.53. The summed E-state index contributed by atoms with van der Waals surface area (Å²) < 4.78 is 0. The molecule has 0 fully saturated rings. The largest absolute Gasteiger partial charge is 0.392 e. The summed E-state index contributed by atoms with van der Waals surface area (Å²) in [5, 5.41) is 24.6. The lowest BCUT2D eigenvalue weighted by molar-refractivity contribution is -0.384. The number of nitro benzene ring substituents is 1. The van der Waals surface area contributed by atoms with Gasteiger partial charge in [-0.1, -0.05) is 6.07 Å². The maximum Gasteiger partial charge on any atom is 0.319 e. The third-order valence-corrected chi connectivity index (χ3v) is 2.43. The molecule has 1 aromatic rings. The molecule has 8 heteroatoms. The van der Waals surface area contributed by atoms with Crippen LogP contribution in [0.2, 0.25) is 0 Å². The molecule has 0 saturated heterocycles. The third-order valence-electron chi connectivity index (χ3n) is 2.43. The SMILES string of the molecule is CC(O)C(N)CNC(=O)Nc1cccc([N+](=O)[O-])c1. The van der Waals surface area contributed by atoms with Crippen molar-refractivity contribution < 1.29 is 14.8 Å². The zero-order valence-corrected chi connectivity index (χ0v) is 10.4. The zero-order valence-electron chi connectivity index (χ0n) is 10.4. The number of nitrogens with one attached hydrogen (secondary N) is 2. The number of non-ortho nitro benzene ring substituents is 1. The summed E-state index contributed by atoms with van der Waals surface area (Å²) in [4.78, 5) is 21.5. The Labute approximate surface area is 109 Å². The van der Waals surface area contributed by atoms with Gasteiger partial charge in [0.15, 0.2) is 0 Å². The van der Waals surface area contributed by atoms with E-state index in [2.05, 4.69) is 10.6 Å². The van der Waals surface area contributed by atoms with Crippen molar-refractivity contribution in [2.45, 2.75) is 19.1 Å². The number of anilines is 1. The first-order chi connectivity index (χ1) is 8.90. The van der Waals surface area contributed by atoms with Crippen LogP contribution < -0.4 is 16.4 Å². The minimum Gasteiger partial charge on any atom is -0.392 e. The van der Waals surface area contributed by atoms with Crippen molar-refractivity contribution in [3.63, 3.8) is 0 Å². The van der Waals surface area contributed by atoms with Crippen molar-refractivity contribution in [1.29, 1.82) is 0 Å². The summed E-state index contributed by atoms with van der Waals surface area (Å²) in [6, 6.07) is 4.45. The number of hydrogen-bond acceptors (Lipinski definition) is 5. The van der Waals surface area contributed by atoms with Gasteiger partial charge in [0, 0.05) is 30.4 Å². The normalized spacial score (nSPS) is 13.4. The van der Waals surface area contributed by atoms with E-state index in [0.717, 1.165) is 0 Å². The summed E-state index contributed by atoms with van der Waals surface area (Å²) in [6.45, 7) is 1.61. The van der Waals surface area contributed by atoms with E-state index >= 15 is 0 Å². The molecular formula is C11H16N4O4. The smallest absolute Gasteiger partial charge is 0.319 e. The number of nitrogens with two attached hydrogens (primary N) is 1. The highest BCUT2D eigenvalue weighted by Crippen LogP contribution is 2.16. The van der Waals surface area contributed by atoms with Crippen LogP contribution in [0.1, 0.15) is 6.92 Å². The number of carbonyl (C=O) groups is 1. The Morgan fingerprint density at radius 3 is 2.84 bits per heavy atom. The fourth-order valence-electron chi connectivity index (χ4n) is 1.25. The van der Waals surface area contributed by atoms with Crippen molar-refractivity contribution in [1.82, 2.24) is 5.32 Å². The van der Waals surface area contributed by atoms with E-state index in [1.807, 2.05) is 0 Å². The Bertz CT molecular complexity index is 464. The van der Waals surface area contributed by atoms with Gasteiger partial charge in [-0.25, -0.2) is 4.79 Å². The molecular weight excluding hydrogens is 252 g/mol. The minimum absolute atomic E-state index is 0.0957. The maximum absolute atomic E-state index is 11.5. The lowest BCUT2D eigenvalue weighted by atomic mass is 10.2. The van der Waals surface area contributed by atoms with Crippen molar-refractivity contribution in [3.05, 3.63) is 34.4 Å². The molecule has 0 aromatic heterocycles. The van der Waals surface area contributed by atoms with Crippen molar-refractivity contribution in [3.8, 4) is 0 Å². The van der Waals surface area contributed by atoms with Crippen LogP contribution in [0.5, 0.6) is 0 Å². The predicted molar refractivity (Wildman–Crippen MR) is 69.8 cm³/mol. The van der Waals surface area contributed by atoms with E-state index < -0.39 is 23.1 Å². The van der Waals surface area contributed by atoms with Crippen molar-refractivity contribution in [2.24, 2.45) is 5.73 Å². The van der Waals surface area contributed by atoms with Crippen LogP contribution in [0.3, 0.4) is 0 Å². The van der Waals surface area contributed by atoms with Gasteiger partial charge in [0.2, 0.25) is 0 Å². The van der Waals surface area contributed by atoms with E-state index in [4.69, 9.17) is 10.8 Å². The predicted octanol–water partition coefficient (Wildman–Crippen LogP) is 0.424. The zero-order chi connectivity index (χ0) is 14.4. The van der Waals surface area contributed by atoms with Gasteiger partial charge in [-0.2, -0.15) is 0 Å². The molecule has 0 aliphatic carbocycles. The Hall–Kier alpha value is -2.19. The molecule has 0 aliphatic rings. The number of benzene rings is 1. The topological polar surface area (TPSA) is 131 Å². The summed E-state index contributed by atoms with van der Waals surface area (Å²) in [5.41, 5.74) is 5.73. The average molecular weight is 268 g/mol. The molecule has 0 saturated carbocycles. The van der Waals surface area contributed by atoms with Gasteiger partial charge in [-0.3, -0.25) is 10.1 Å². The Morgan fingerprint density at radius 1 is 1.58 bits per heavy atom. The summed E-state index contributed by atoms with van der Waals surface area (Å²) >= 11 is 0. The van der Waals surface area contributed by atoms with Crippen LogP contribution in [0.15, 0.2) is 24.3 Å². The number of amides is 2. The van der Waals surface area contributed by atoms with Crippen LogP contribution in [0.25, 0.3) is 0 Å². The second kappa shape index (κ2) is 6.66. The molecule has 19 heavy (non-hydrogen) atoms. The average Bonchev–Trinajstić information content (AvgIpc) is 2.36. The third kappa shape index (κ3) is 4.90. The first-order valence-electron chi connectivity index (χ1n) is 5.63. The number of urea groups is 1. The lowest BCUT2D eigenvalue weighted by Gasteiger charge is -2.15. The highest BCUT2D eigenvalue weighted by Gasteiger charge is 2.11. The van der Waals surface area contributed by atoms with Gasteiger partial charge in [0.05, 0.1) is 11.0 Å². The standard InChI is InChI=1S/C11H16N4O4/c1-7(16)10(12)6-13-11(17)14-8-3-2-4-9(5-8)15(18)19/h2-5,7,10,16H,6,12H2,1H3,(H2,13,14,17). The van der Waals surface area contributed by atoms with Gasteiger partial charge in [0.1, 0.15) is 0 Å². The second-order valence-corrected chi connectivity index (χ2v) is 4.05. The van der Waals surface area contributed by atoms with Crippen molar-refractivity contribution >= 4 is 17.4 Å². The van der Waals surface area contributed by atoms with Gasteiger partial charge >= 0.3 is 6.03 Å². The second-order valence-electron chi connectivity index (χ2n) is 4.05. The van der Waals surface area contributed by atoms with E-state index in [0.29, 0.717) is 5.69 Å². The molecule has 0 spiro atoms. The molecule has 8 nitrogen and oxygen atoms in total. The van der Waals surface area contributed by atoms with Crippen LogP contribution >= 0.6 is 0 Å². The van der Waals surface area contributed by atoms with E-state index in [9.17, 15) is 14.9 Å². The number of nitro groups is 1. The van der Waals surface area contributed by atoms with Crippen LogP contribution in [0.4, 0.5) is 16.2 Å². The number of aliphatic hydroxyl groups excluding tert-OH is 1. The fraction of sp³-hybridized carbons (Fsp3) is 0.364. The molecule has 0 aliphatic heterocycles. The molecule has 0 heterocycles. The Kier molecular flexibility index (Phi) is 5.22. The lowest BCUT2D eigenvalue weighted by Crippen LogP contribution is -2.44. The number of aliphatic hydroxyl groups is 1. The molecule has 0 bridgehead atoms. The van der Waals surface area contributed by atoms with E-state index in [1.54, 1.807) is 0 Å². The van der Waals surface area contributed by atoms with Crippen LogP contribution in [-0.2, 0) is 0 Å². The minimum atomic E-state index is -0.738. The van der Waals surface area contributed by atoms with Crippen molar-refractivity contribution in [2.75, 3.05) is 11.9 Å². The van der Waals surface area contributed by atoms with Gasteiger partial charge in [-0.05, 0) is 13.0 Å². The molecule has 2 amide bonds. The molecule has 5 N–H and O–H groups in total. The molecule has 1 rings (SSSR count). The molecule has 2 unspecified atom stereocenters. The number of rotatable bonds is 5.